The number of allylic oxidation sites excluding steroid dienone is 2. The summed E-state index contributed by atoms with van der Waals surface area (Å²) in [7, 11) is 0. The lowest BCUT2D eigenvalue weighted by Crippen LogP contribution is -2.65. The summed E-state index contributed by atoms with van der Waals surface area (Å²) in [4.78, 5) is 24.7. The number of hydrogen-bond donors (Lipinski definition) is 18. The Morgan fingerprint density at radius 2 is 0.716 bits per heavy atom. The van der Waals surface area contributed by atoms with E-state index >= 15 is 0 Å². The number of rotatable bonds is 44. The van der Waals surface area contributed by atoms with Crippen LogP contribution in [0.2, 0.25) is 0 Å². The maximum atomic E-state index is 12.6. The fourth-order valence-corrected chi connectivity index (χ4v) is 11.6. The molecule has 0 aromatic rings. The number of ether oxygens (including phenoxy) is 10. The largest absolute Gasteiger partial charge is 0.444 e. The highest BCUT2D eigenvalue weighted by molar-refractivity contribution is 5.68. The molecule has 0 radical (unpaired) electrons. The summed E-state index contributed by atoms with van der Waals surface area (Å²) < 4.78 is 54.4. The van der Waals surface area contributed by atoms with E-state index in [1.54, 1.807) is 47.6 Å². The summed E-state index contributed by atoms with van der Waals surface area (Å²) in [5.74, 6) is 0. The zero-order chi connectivity index (χ0) is 76.5. The Balaban J connectivity index is 0.000000593. The molecule has 0 aliphatic carbocycles. The molecule has 600 valence electrons. The van der Waals surface area contributed by atoms with Crippen LogP contribution >= 0.6 is 0 Å². The van der Waals surface area contributed by atoms with Gasteiger partial charge in [0, 0.05) is 0 Å². The van der Waals surface area contributed by atoms with Gasteiger partial charge in [-0.2, -0.15) is 0 Å². The third kappa shape index (κ3) is 35.7. The number of aliphatic hydroxyl groups is 16. The van der Waals surface area contributed by atoms with E-state index in [4.69, 9.17) is 47.4 Å². The summed E-state index contributed by atoms with van der Waals surface area (Å²) in [5.41, 5.74) is -1.63. The van der Waals surface area contributed by atoms with Crippen LogP contribution in [0.1, 0.15) is 209 Å². The fraction of sp³-hybridized carbons (Fsp3) is 0.889. The van der Waals surface area contributed by atoms with E-state index < -0.39 is 210 Å². The number of aliphatic hydroxyl groups excluding tert-OH is 16. The van der Waals surface area contributed by atoms with Gasteiger partial charge in [0.05, 0.1) is 63.9 Å². The van der Waals surface area contributed by atoms with Gasteiger partial charge in [0.2, 0.25) is 0 Å². The Morgan fingerprint density at radius 3 is 1.03 bits per heavy atom. The quantitative estimate of drug-likeness (QED) is 0.0308. The molecule has 0 saturated carbocycles. The van der Waals surface area contributed by atoms with Crippen molar-refractivity contribution in [3.05, 3.63) is 37.5 Å². The highest BCUT2D eigenvalue weighted by Gasteiger charge is 2.53. The molecular formula is C72H134N2O28. The van der Waals surface area contributed by atoms with Gasteiger partial charge in [0.1, 0.15) is 109 Å². The Labute approximate surface area is 604 Å². The first kappa shape index (κ1) is 94.9. The second-order valence-corrected chi connectivity index (χ2v) is 28.8. The van der Waals surface area contributed by atoms with Crippen molar-refractivity contribution in [1.82, 2.24) is 10.6 Å². The molecule has 0 spiro atoms. The lowest BCUT2D eigenvalue weighted by molar-refractivity contribution is -0.359. The minimum Gasteiger partial charge on any atom is -0.444 e. The van der Waals surface area contributed by atoms with Crippen LogP contribution in [0.15, 0.2) is 37.5 Å². The minimum absolute atomic E-state index is 0.395. The van der Waals surface area contributed by atoms with Gasteiger partial charge in [-0.1, -0.05) is 167 Å². The lowest BCUT2D eigenvalue weighted by atomic mass is 9.97. The molecule has 4 heterocycles. The highest BCUT2D eigenvalue weighted by atomic mass is 16.8. The molecule has 30 nitrogen and oxygen atoms in total. The first-order chi connectivity index (χ1) is 48.4. The minimum atomic E-state index is -1.80. The third-order valence-corrected chi connectivity index (χ3v) is 17.6. The van der Waals surface area contributed by atoms with Gasteiger partial charge in [-0.3, -0.25) is 0 Å². The van der Waals surface area contributed by atoms with Crippen LogP contribution in [-0.2, 0) is 47.4 Å². The average Bonchev–Trinajstić information content (AvgIpc) is 0.794. The molecule has 4 fully saturated rings. The van der Waals surface area contributed by atoms with Crippen molar-refractivity contribution in [2.45, 2.75) is 368 Å². The van der Waals surface area contributed by atoms with Gasteiger partial charge in [-0.05, 0) is 67.2 Å². The van der Waals surface area contributed by atoms with Crippen LogP contribution in [0.3, 0.4) is 0 Å². The Morgan fingerprint density at radius 1 is 0.412 bits per heavy atom. The standard InChI is InChI=1S/C35H65NO14.C22H39NO14.C15H30/c1-5-6-7-8-9-10-11-12-13-14-15-16-17-18-23(39)22(36-34(45)50-35(2,3)4)21-46-32-30(44)28(42)31(25(20-38)48-32)49-33-29(43)27(41)26(40)24(19-37)47-33;1-5-10(26)9(23-21(32)37-22(2,3)4)8-33-19-17(31)15(29)18(12(7-25)35-19)36-20-16(30)14(28)13(27)11(6-24)34-20;1-3-5-7-9-11-13-15-14-12-10-8-6-4-2/h17-18,22-33,37-44H,5-16,19-21H2,1-4H3,(H,36,45);5,9-20,24-31H,1,6-8H2,2-4H3,(H,23,32);3H,1,4-15H2,2H3/b18-17+;;/t22-,23+,24?,25?,26-,27-,28+,29?,30?,31+,32+,33-;9-,10+,11?,12?,13-,14-,15+,16?,17?,18+,19+,20-;/m00./s1. The molecule has 24 atom stereocenters. The predicted octanol–water partition coefficient (Wildman–Crippen LogP) is 3.08. The van der Waals surface area contributed by atoms with Crippen LogP contribution in [0, 0.1) is 0 Å². The Hall–Kier alpha value is -3.20. The van der Waals surface area contributed by atoms with Crippen molar-refractivity contribution in [2.24, 2.45) is 0 Å². The molecule has 4 aliphatic rings. The summed E-state index contributed by atoms with van der Waals surface area (Å²) in [5, 5.41) is 168. The lowest BCUT2D eigenvalue weighted by Gasteiger charge is -2.46. The summed E-state index contributed by atoms with van der Waals surface area (Å²) in [6, 6.07) is -2.14. The summed E-state index contributed by atoms with van der Waals surface area (Å²) in [6.07, 6.45) is 1.35. The normalized spacial score (nSPS) is 31.1. The topological polar surface area (TPSA) is 474 Å². The predicted molar refractivity (Wildman–Crippen MR) is 375 cm³/mol. The van der Waals surface area contributed by atoms with Gasteiger partial charge >= 0.3 is 12.2 Å². The van der Waals surface area contributed by atoms with Gasteiger partial charge in [-0.15, -0.1) is 13.2 Å². The molecule has 4 aliphatic heterocycles. The smallest absolute Gasteiger partial charge is 0.408 e. The molecule has 0 bridgehead atoms. The van der Waals surface area contributed by atoms with E-state index in [1.807, 2.05) is 12.2 Å². The van der Waals surface area contributed by atoms with Crippen LogP contribution in [0.5, 0.6) is 0 Å². The van der Waals surface area contributed by atoms with E-state index in [1.165, 1.54) is 128 Å². The number of carbonyl (C=O) groups is 2. The summed E-state index contributed by atoms with van der Waals surface area (Å²) in [6.45, 7) is 18.0. The van der Waals surface area contributed by atoms with Crippen molar-refractivity contribution >= 4 is 12.2 Å². The highest BCUT2D eigenvalue weighted by Crippen LogP contribution is 2.32. The van der Waals surface area contributed by atoms with Crippen molar-refractivity contribution < 1.29 is 139 Å². The van der Waals surface area contributed by atoms with E-state index in [2.05, 4.69) is 37.6 Å². The molecule has 102 heavy (non-hydrogen) atoms. The second kappa shape index (κ2) is 52.0. The van der Waals surface area contributed by atoms with Crippen molar-refractivity contribution in [3.8, 4) is 0 Å². The number of hydrogen-bond acceptors (Lipinski definition) is 28. The number of nitrogens with one attached hydrogen (secondary N) is 2. The number of unbranched alkanes of at least 4 members (excludes halogenated alkanes) is 22. The Kier molecular flexibility index (Phi) is 48.3. The van der Waals surface area contributed by atoms with Gasteiger partial charge in [0.25, 0.3) is 0 Å². The third-order valence-electron chi connectivity index (χ3n) is 17.6. The van der Waals surface area contributed by atoms with Crippen molar-refractivity contribution in [3.63, 3.8) is 0 Å². The molecule has 4 rings (SSSR count). The van der Waals surface area contributed by atoms with Gasteiger partial charge < -0.3 is 140 Å². The SMILES string of the molecule is C=CCCCCCCCCCCCCC.C=C[C@@H](O)[C@H](CO[C@@H]1OC(CO)[C@@H](O[C@@H]2OC(CO)[C@H](O)[C@H](O)C2O)[C@H](O)C1O)NC(=O)OC(C)(C)C.CCCCCCCCCCCCC/C=C/[C@@H](O)[C@H](CO[C@@H]1OC(CO)[C@@H](O[C@@H]2OC(CO)[C@H](O)[C@H](O)C2O)[C@H](O)C1O)NC(=O)OC(C)(C)C. The van der Waals surface area contributed by atoms with E-state index in [9.17, 15) is 91.3 Å². The molecule has 30 heteroatoms. The monoisotopic (exact) mass is 1470 g/mol. The molecule has 0 aromatic carbocycles. The first-order valence-corrected chi connectivity index (χ1v) is 37.0. The van der Waals surface area contributed by atoms with Gasteiger partial charge in [-0.25, -0.2) is 9.59 Å². The molecule has 8 unspecified atom stereocenters. The molecule has 2 amide bonds. The average molecular weight is 1480 g/mol. The van der Waals surface area contributed by atoms with Crippen LogP contribution < -0.4 is 10.6 Å². The van der Waals surface area contributed by atoms with Crippen molar-refractivity contribution in [2.75, 3.05) is 39.6 Å². The first-order valence-electron chi connectivity index (χ1n) is 37.0. The van der Waals surface area contributed by atoms with Gasteiger partial charge in [0.15, 0.2) is 25.2 Å². The number of carbonyl (C=O) groups excluding carboxylic acids is 2. The summed E-state index contributed by atoms with van der Waals surface area (Å²) >= 11 is 0. The van der Waals surface area contributed by atoms with Crippen molar-refractivity contribution in [1.29, 1.82) is 0 Å². The van der Waals surface area contributed by atoms with E-state index in [-0.39, 0.29) is 0 Å². The maximum Gasteiger partial charge on any atom is 0.408 e. The number of alkyl carbamates (subject to hydrolysis) is 2. The zero-order valence-corrected chi connectivity index (χ0v) is 61.8. The van der Waals surface area contributed by atoms with E-state index in [0.717, 1.165) is 31.8 Å². The number of amides is 2. The van der Waals surface area contributed by atoms with E-state index in [0.29, 0.717) is 0 Å². The molecule has 18 N–H and O–H groups in total. The molecule has 4 saturated heterocycles. The zero-order valence-electron chi connectivity index (χ0n) is 61.8. The Bertz CT molecular complexity index is 2210. The van der Waals surface area contributed by atoms with Crippen LogP contribution in [0.25, 0.3) is 0 Å². The maximum absolute atomic E-state index is 12.6. The molecular weight excluding hydrogens is 1340 g/mol. The molecule has 0 aromatic heterocycles. The van der Waals surface area contributed by atoms with Crippen LogP contribution in [-0.4, -0.2) is 292 Å². The fourth-order valence-electron chi connectivity index (χ4n) is 11.6. The van der Waals surface area contributed by atoms with Crippen LogP contribution in [0.4, 0.5) is 9.59 Å². The second-order valence-electron chi connectivity index (χ2n) is 28.8.